The number of aromatic hydroxyl groups is 1. The molecule has 1 heterocycles. The van der Waals surface area contributed by atoms with Gasteiger partial charge in [0, 0.05) is 22.5 Å². The van der Waals surface area contributed by atoms with Crippen LogP contribution in [0.25, 0.3) is 0 Å². The lowest BCUT2D eigenvalue weighted by Gasteiger charge is -2.44. The van der Waals surface area contributed by atoms with Gasteiger partial charge < -0.3 is 25.8 Å². The molecule has 0 bridgehead atoms. The number of primary amides is 1. The second kappa shape index (κ2) is 9.90. The Bertz CT molecular complexity index is 1410. The molecule has 1 aliphatic rings. The van der Waals surface area contributed by atoms with Crippen LogP contribution < -0.4 is 5.73 Å². The molecule has 8 nitrogen and oxygen atoms in total. The number of aryl methyl sites for hydroxylation is 1. The Morgan fingerprint density at radius 3 is 2.39 bits per heavy atom. The van der Waals surface area contributed by atoms with Crippen LogP contribution in [-0.2, 0) is 26.2 Å². The number of esters is 1. The number of hydrogen-bond acceptors (Lipinski definition) is 6. The van der Waals surface area contributed by atoms with E-state index in [2.05, 4.69) is 0 Å². The van der Waals surface area contributed by atoms with Gasteiger partial charge in [0.15, 0.2) is 5.60 Å². The van der Waals surface area contributed by atoms with Gasteiger partial charge >= 0.3 is 11.9 Å². The van der Waals surface area contributed by atoms with Gasteiger partial charge in [-0.1, -0.05) is 56.3 Å². The number of carboxylic acids is 1. The van der Waals surface area contributed by atoms with Crippen LogP contribution in [0.2, 0.25) is 0 Å². The number of amides is 1. The van der Waals surface area contributed by atoms with Crippen molar-refractivity contribution in [2.45, 2.75) is 49.7 Å². The standard InChI is InChI=1S/C29H28FNO7/c1-28(2,21-15-18(30)9-11-22(21)32)24(29(37,27(35)36)13-12-16-6-4-3-5-7-16)17-8-10-19-20(14-17)23(25(31)33)38-26(19)34/h3-11,14-15,23-24,32,37H,12-13H2,1-2H3,(H2,31,33)(H,35,36). The fraction of sp³-hybridized carbons (Fsp3) is 0.276. The van der Waals surface area contributed by atoms with E-state index in [-0.39, 0.29) is 40.8 Å². The molecular formula is C29H28FNO7. The SMILES string of the molecule is CC(C)(c1cc(F)ccc1O)C(c1ccc2c(c1)C(C(N)=O)OC2=O)C(O)(CCc1ccccc1)C(=O)O. The number of benzene rings is 3. The van der Waals surface area contributed by atoms with E-state index in [0.717, 1.165) is 23.8 Å². The highest BCUT2D eigenvalue weighted by Gasteiger charge is 2.53. The first-order valence-electron chi connectivity index (χ1n) is 12.0. The smallest absolute Gasteiger partial charge is 0.339 e. The van der Waals surface area contributed by atoms with E-state index in [0.29, 0.717) is 0 Å². The normalized spacial score (nSPS) is 17.3. The molecule has 198 valence electrons. The number of carboxylic acid groups (broad SMARTS) is 1. The van der Waals surface area contributed by atoms with Gasteiger partial charge in [0.25, 0.3) is 5.91 Å². The van der Waals surface area contributed by atoms with Crippen molar-refractivity contribution in [3.8, 4) is 5.75 Å². The summed E-state index contributed by atoms with van der Waals surface area (Å²) in [6.07, 6.45) is -1.42. The molecule has 0 spiro atoms. The minimum atomic E-state index is -2.43. The molecule has 4 rings (SSSR count). The molecule has 0 radical (unpaired) electrons. The van der Waals surface area contributed by atoms with Crippen LogP contribution >= 0.6 is 0 Å². The number of hydrogen-bond donors (Lipinski definition) is 4. The number of carbonyl (C=O) groups is 3. The van der Waals surface area contributed by atoms with Crippen LogP contribution in [0.1, 0.15) is 64.9 Å². The molecule has 38 heavy (non-hydrogen) atoms. The van der Waals surface area contributed by atoms with Crippen molar-refractivity contribution in [2.75, 3.05) is 0 Å². The highest BCUT2D eigenvalue weighted by atomic mass is 19.1. The highest BCUT2D eigenvalue weighted by molar-refractivity contribution is 5.99. The molecule has 0 aliphatic carbocycles. The number of aliphatic hydroxyl groups is 1. The third-order valence-corrected chi connectivity index (χ3v) is 7.25. The van der Waals surface area contributed by atoms with Crippen molar-refractivity contribution in [3.63, 3.8) is 0 Å². The quantitative estimate of drug-likeness (QED) is 0.314. The molecule has 3 unspecified atom stereocenters. The van der Waals surface area contributed by atoms with Crippen LogP contribution in [0.15, 0.2) is 66.7 Å². The number of phenolic OH excluding ortho intramolecular Hbond substituents is 1. The number of cyclic esters (lactones) is 1. The lowest BCUT2D eigenvalue weighted by atomic mass is 9.61. The van der Waals surface area contributed by atoms with Crippen LogP contribution in [0.4, 0.5) is 4.39 Å². The molecule has 3 aromatic rings. The topological polar surface area (TPSA) is 147 Å². The Hall–Kier alpha value is -4.24. The van der Waals surface area contributed by atoms with Gasteiger partial charge in [-0.05, 0) is 48.2 Å². The van der Waals surface area contributed by atoms with Gasteiger partial charge in [0.1, 0.15) is 11.6 Å². The van der Waals surface area contributed by atoms with E-state index in [1.54, 1.807) is 38.1 Å². The van der Waals surface area contributed by atoms with Crippen molar-refractivity contribution < 1.29 is 38.8 Å². The Morgan fingerprint density at radius 1 is 1.08 bits per heavy atom. The van der Waals surface area contributed by atoms with E-state index in [9.17, 15) is 34.1 Å². The minimum absolute atomic E-state index is 0.0705. The largest absolute Gasteiger partial charge is 0.508 e. The van der Waals surface area contributed by atoms with Crippen molar-refractivity contribution in [3.05, 3.63) is 100 Å². The second-order valence-electron chi connectivity index (χ2n) is 10.1. The maximum atomic E-state index is 14.3. The monoisotopic (exact) mass is 521 g/mol. The fourth-order valence-corrected chi connectivity index (χ4v) is 5.43. The Kier molecular flexibility index (Phi) is 6.99. The van der Waals surface area contributed by atoms with Gasteiger partial charge in [0.2, 0.25) is 6.10 Å². The predicted octanol–water partition coefficient (Wildman–Crippen LogP) is 3.74. The Balaban J connectivity index is 1.92. The molecule has 0 aromatic heterocycles. The lowest BCUT2D eigenvalue weighted by Crippen LogP contribution is -2.51. The second-order valence-corrected chi connectivity index (χ2v) is 10.1. The summed E-state index contributed by atoms with van der Waals surface area (Å²) in [7, 11) is 0. The van der Waals surface area contributed by atoms with Crippen molar-refractivity contribution >= 4 is 17.8 Å². The highest BCUT2D eigenvalue weighted by Crippen LogP contribution is 2.50. The molecule has 1 aliphatic heterocycles. The van der Waals surface area contributed by atoms with Crippen LogP contribution in [0.5, 0.6) is 5.75 Å². The van der Waals surface area contributed by atoms with Crippen molar-refractivity contribution in [2.24, 2.45) is 5.73 Å². The molecule has 0 fully saturated rings. The number of phenols is 1. The summed E-state index contributed by atoms with van der Waals surface area (Å²) >= 11 is 0. The molecule has 5 N–H and O–H groups in total. The maximum Gasteiger partial charge on any atom is 0.339 e. The molecule has 9 heteroatoms. The average Bonchev–Trinajstić information content (AvgIpc) is 3.20. The van der Waals surface area contributed by atoms with Gasteiger partial charge in [-0.15, -0.1) is 0 Å². The third kappa shape index (κ3) is 4.72. The number of rotatable bonds is 9. The zero-order valence-corrected chi connectivity index (χ0v) is 20.8. The third-order valence-electron chi connectivity index (χ3n) is 7.25. The zero-order valence-electron chi connectivity index (χ0n) is 20.8. The van der Waals surface area contributed by atoms with Gasteiger partial charge in [0.05, 0.1) is 5.56 Å². The first-order valence-corrected chi connectivity index (χ1v) is 12.0. The number of fused-ring (bicyclic) bond motifs is 1. The predicted molar refractivity (Wildman–Crippen MR) is 135 cm³/mol. The number of halogens is 1. The minimum Gasteiger partial charge on any atom is -0.508 e. The summed E-state index contributed by atoms with van der Waals surface area (Å²) in [6, 6.07) is 16.6. The van der Waals surface area contributed by atoms with E-state index in [1.165, 1.54) is 18.2 Å². The maximum absolute atomic E-state index is 14.3. The first-order chi connectivity index (χ1) is 17.9. The number of aliphatic carboxylic acids is 1. The summed E-state index contributed by atoms with van der Waals surface area (Å²) in [5.41, 5.74) is 2.94. The Morgan fingerprint density at radius 2 is 1.76 bits per heavy atom. The molecule has 3 aromatic carbocycles. The summed E-state index contributed by atoms with van der Waals surface area (Å²) in [5, 5.41) is 33.0. The van der Waals surface area contributed by atoms with Crippen LogP contribution in [-0.4, -0.2) is 38.8 Å². The molecular weight excluding hydrogens is 493 g/mol. The first kappa shape index (κ1) is 26.8. The Labute approximate surface area is 218 Å². The fourth-order valence-electron chi connectivity index (χ4n) is 5.43. The molecule has 0 saturated carbocycles. The summed E-state index contributed by atoms with van der Waals surface area (Å²) in [5.74, 6) is -5.43. The summed E-state index contributed by atoms with van der Waals surface area (Å²) < 4.78 is 19.4. The molecule has 1 amide bonds. The van der Waals surface area contributed by atoms with Crippen LogP contribution in [0, 0.1) is 5.82 Å². The van der Waals surface area contributed by atoms with E-state index in [1.807, 2.05) is 6.07 Å². The van der Waals surface area contributed by atoms with Gasteiger partial charge in [-0.2, -0.15) is 0 Å². The lowest BCUT2D eigenvalue weighted by molar-refractivity contribution is -0.164. The van der Waals surface area contributed by atoms with E-state index in [4.69, 9.17) is 10.5 Å². The molecule has 0 saturated heterocycles. The van der Waals surface area contributed by atoms with E-state index < -0.39 is 46.7 Å². The van der Waals surface area contributed by atoms with Crippen LogP contribution in [0.3, 0.4) is 0 Å². The van der Waals surface area contributed by atoms with E-state index >= 15 is 0 Å². The number of ether oxygens (including phenoxy) is 1. The zero-order chi connectivity index (χ0) is 27.8. The van der Waals surface area contributed by atoms with Gasteiger partial charge in [-0.3, -0.25) is 4.79 Å². The molecule has 3 atom stereocenters. The van der Waals surface area contributed by atoms with Crippen molar-refractivity contribution in [1.82, 2.24) is 0 Å². The average molecular weight is 522 g/mol. The van der Waals surface area contributed by atoms with Crippen molar-refractivity contribution in [1.29, 1.82) is 0 Å². The summed E-state index contributed by atoms with van der Waals surface area (Å²) in [4.78, 5) is 37.1. The number of nitrogens with two attached hydrogens (primary N) is 1. The summed E-state index contributed by atoms with van der Waals surface area (Å²) in [6.45, 7) is 3.17. The number of carbonyl (C=O) groups excluding carboxylic acids is 2. The van der Waals surface area contributed by atoms with Gasteiger partial charge in [-0.25, -0.2) is 14.0 Å².